The normalized spacial score (nSPS) is 17.4. The van der Waals surface area contributed by atoms with Gasteiger partial charge in [-0.25, -0.2) is 4.68 Å². The molecule has 1 aliphatic carbocycles. The van der Waals surface area contributed by atoms with Gasteiger partial charge in [-0.15, -0.1) is 5.10 Å². The first-order valence-corrected chi connectivity index (χ1v) is 8.99. The largest absolute Gasteiger partial charge is 0.481 e. The van der Waals surface area contributed by atoms with Crippen molar-refractivity contribution in [2.75, 3.05) is 5.32 Å². The predicted octanol–water partition coefficient (Wildman–Crippen LogP) is 3.27. The zero-order valence-electron chi connectivity index (χ0n) is 14.9. The number of benzene rings is 1. The van der Waals surface area contributed by atoms with E-state index in [2.05, 4.69) is 15.6 Å². The summed E-state index contributed by atoms with van der Waals surface area (Å²) in [5.74, 6) is -1.09. The van der Waals surface area contributed by atoms with Gasteiger partial charge in [0, 0.05) is 5.69 Å². The monoisotopic (exact) mass is 356 g/mol. The Balaban J connectivity index is 1.81. The van der Waals surface area contributed by atoms with Crippen molar-refractivity contribution in [2.24, 2.45) is 11.3 Å². The number of hydrogen-bond donors (Lipinski definition) is 2. The minimum atomic E-state index is -0.940. The number of aromatic nitrogens is 3. The second-order valence-electron chi connectivity index (χ2n) is 7.17. The number of hydrogen-bond acceptors (Lipinski definition) is 4. The topological polar surface area (TPSA) is 97.1 Å². The molecule has 1 aromatic heterocycles. The Bertz CT molecular complexity index is 769. The molecular weight excluding hydrogens is 332 g/mol. The third-order valence-electron chi connectivity index (χ3n) is 5.33. The van der Waals surface area contributed by atoms with Crippen LogP contribution in [0, 0.1) is 11.3 Å². The number of carboxylic acid groups (broad SMARTS) is 1. The van der Waals surface area contributed by atoms with Gasteiger partial charge in [-0.2, -0.15) is 0 Å². The van der Waals surface area contributed by atoms with Crippen LogP contribution in [0.15, 0.2) is 36.7 Å². The van der Waals surface area contributed by atoms with Crippen molar-refractivity contribution in [3.8, 4) is 5.69 Å². The summed E-state index contributed by atoms with van der Waals surface area (Å²) >= 11 is 0. The molecule has 0 radical (unpaired) electrons. The lowest BCUT2D eigenvalue weighted by Gasteiger charge is -2.37. The van der Waals surface area contributed by atoms with E-state index in [1.54, 1.807) is 36.1 Å². The van der Waals surface area contributed by atoms with E-state index in [0.717, 1.165) is 37.8 Å². The maximum atomic E-state index is 13.1. The van der Waals surface area contributed by atoms with Crippen molar-refractivity contribution in [2.45, 2.75) is 45.4 Å². The fourth-order valence-corrected chi connectivity index (χ4v) is 3.81. The Hall–Kier alpha value is -2.70. The molecule has 138 valence electrons. The van der Waals surface area contributed by atoms with Crippen molar-refractivity contribution in [3.05, 3.63) is 36.7 Å². The zero-order chi connectivity index (χ0) is 18.6. The molecule has 0 bridgehead atoms. The third-order valence-corrected chi connectivity index (χ3v) is 5.33. The van der Waals surface area contributed by atoms with Crippen molar-refractivity contribution in [1.29, 1.82) is 0 Å². The quantitative estimate of drug-likeness (QED) is 0.828. The highest BCUT2D eigenvalue weighted by molar-refractivity contribution is 5.97. The first-order chi connectivity index (χ1) is 12.5. The SMILES string of the molecule is C[C@](CC(=O)O)(C(=O)Nc1cccc(-n2ccnn2)c1)C1CCCCC1. The van der Waals surface area contributed by atoms with E-state index in [-0.39, 0.29) is 18.2 Å². The van der Waals surface area contributed by atoms with E-state index in [9.17, 15) is 14.7 Å². The van der Waals surface area contributed by atoms with Crippen LogP contribution in [0.2, 0.25) is 0 Å². The summed E-state index contributed by atoms with van der Waals surface area (Å²) in [4.78, 5) is 24.5. The standard InChI is InChI=1S/C19H24N4O3/c1-19(13-17(24)25,14-6-3-2-4-7-14)18(26)21-15-8-5-9-16(12-15)23-11-10-20-22-23/h5,8-12,14H,2-4,6-7,13H2,1H3,(H,21,26)(H,24,25)/t19-/m1/s1. The average molecular weight is 356 g/mol. The maximum absolute atomic E-state index is 13.1. The molecule has 2 aromatic rings. The van der Waals surface area contributed by atoms with Gasteiger partial charge in [0.15, 0.2) is 0 Å². The minimum absolute atomic E-state index is 0.0887. The average Bonchev–Trinajstić information content (AvgIpc) is 3.17. The minimum Gasteiger partial charge on any atom is -0.481 e. The van der Waals surface area contributed by atoms with Crippen LogP contribution in [0.1, 0.15) is 45.4 Å². The molecule has 1 atom stereocenters. The lowest BCUT2D eigenvalue weighted by Crippen LogP contribution is -2.42. The van der Waals surface area contributed by atoms with Crippen LogP contribution in [-0.2, 0) is 9.59 Å². The van der Waals surface area contributed by atoms with Crippen molar-refractivity contribution in [1.82, 2.24) is 15.0 Å². The Labute approximate surface area is 152 Å². The van der Waals surface area contributed by atoms with Crippen LogP contribution >= 0.6 is 0 Å². The molecule has 1 aliphatic rings. The van der Waals surface area contributed by atoms with E-state index < -0.39 is 11.4 Å². The van der Waals surface area contributed by atoms with Gasteiger partial charge in [-0.1, -0.05) is 30.5 Å². The zero-order valence-corrected chi connectivity index (χ0v) is 14.9. The molecule has 3 rings (SSSR count). The molecule has 7 heteroatoms. The Morgan fingerprint density at radius 1 is 1.31 bits per heavy atom. The van der Waals surface area contributed by atoms with E-state index in [1.807, 2.05) is 12.1 Å². The molecule has 1 fully saturated rings. The van der Waals surface area contributed by atoms with E-state index >= 15 is 0 Å². The summed E-state index contributed by atoms with van der Waals surface area (Å²) in [5.41, 5.74) is 0.475. The van der Waals surface area contributed by atoms with Gasteiger partial charge in [0.05, 0.1) is 29.9 Å². The third kappa shape index (κ3) is 3.92. The van der Waals surface area contributed by atoms with Crippen LogP contribution in [0.3, 0.4) is 0 Å². The van der Waals surface area contributed by atoms with Gasteiger partial charge in [0.2, 0.25) is 5.91 Å². The lowest BCUT2D eigenvalue weighted by molar-refractivity contribution is -0.145. The second-order valence-corrected chi connectivity index (χ2v) is 7.17. The summed E-state index contributed by atoms with van der Waals surface area (Å²) in [6, 6.07) is 7.28. The number of anilines is 1. The number of nitrogens with one attached hydrogen (secondary N) is 1. The molecule has 0 unspecified atom stereocenters. The van der Waals surface area contributed by atoms with E-state index in [0.29, 0.717) is 5.69 Å². The first kappa shape index (κ1) is 18.1. The predicted molar refractivity (Wildman–Crippen MR) is 96.9 cm³/mol. The molecule has 0 aliphatic heterocycles. The van der Waals surface area contributed by atoms with Gasteiger partial charge in [0.25, 0.3) is 0 Å². The molecule has 26 heavy (non-hydrogen) atoms. The Kier molecular flexibility index (Phi) is 5.35. The molecule has 2 N–H and O–H groups in total. The number of amides is 1. The Morgan fingerprint density at radius 2 is 2.08 bits per heavy atom. The van der Waals surface area contributed by atoms with Crippen LogP contribution in [0.25, 0.3) is 5.69 Å². The number of aliphatic carboxylic acids is 1. The highest BCUT2D eigenvalue weighted by atomic mass is 16.4. The van der Waals surface area contributed by atoms with Gasteiger partial charge in [-0.05, 0) is 43.9 Å². The van der Waals surface area contributed by atoms with Crippen LogP contribution in [0.5, 0.6) is 0 Å². The fraction of sp³-hybridized carbons (Fsp3) is 0.474. The summed E-state index contributed by atoms with van der Waals surface area (Å²) < 4.78 is 1.60. The lowest BCUT2D eigenvalue weighted by atomic mass is 9.67. The highest BCUT2D eigenvalue weighted by Gasteiger charge is 2.43. The first-order valence-electron chi connectivity index (χ1n) is 8.99. The van der Waals surface area contributed by atoms with E-state index in [1.165, 1.54) is 0 Å². The molecule has 0 saturated heterocycles. The molecule has 7 nitrogen and oxygen atoms in total. The molecule has 0 spiro atoms. The summed E-state index contributed by atoms with van der Waals surface area (Å²) in [7, 11) is 0. The van der Waals surface area contributed by atoms with Crippen molar-refractivity contribution in [3.63, 3.8) is 0 Å². The number of carbonyl (C=O) groups is 2. The van der Waals surface area contributed by atoms with Gasteiger partial charge >= 0.3 is 5.97 Å². The fourth-order valence-electron chi connectivity index (χ4n) is 3.81. The number of nitrogens with zero attached hydrogens (tertiary/aromatic N) is 3. The smallest absolute Gasteiger partial charge is 0.304 e. The molecule has 1 aromatic carbocycles. The van der Waals surface area contributed by atoms with Crippen molar-refractivity contribution < 1.29 is 14.7 Å². The van der Waals surface area contributed by atoms with Crippen LogP contribution in [-0.4, -0.2) is 32.0 Å². The maximum Gasteiger partial charge on any atom is 0.304 e. The van der Waals surface area contributed by atoms with Crippen molar-refractivity contribution >= 4 is 17.6 Å². The number of rotatable bonds is 6. The number of carboxylic acids is 1. The summed E-state index contributed by atoms with van der Waals surface area (Å²) in [6.07, 6.45) is 8.19. The molecule has 1 amide bonds. The van der Waals surface area contributed by atoms with Gasteiger partial charge in [0.1, 0.15) is 0 Å². The second kappa shape index (κ2) is 7.68. The number of carbonyl (C=O) groups excluding carboxylic acids is 1. The molecule has 1 heterocycles. The van der Waals surface area contributed by atoms with Crippen LogP contribution in [0.4, 0.5) is 5.69 Å². The highest BCUT2D eigenvalue weighted by Crippen LogP contribution is 2.42. The van der Waals surface area contributed by atoms with Gasteiger partial charge in [-0.3, -0.25) is 9.59 Å². The Morgan fingerprint density at radius 3 is 2.73 bits per heavy atom. The van der Waals surface area contributed by atoms with Crippen LogP contribution < -0.4 is 5.32 Å². The van der Waals surface area contributed by atoms with Gasteiger partial charge < -0.3 is 10.4 Å². The molecule has 1 saturated carbocycles. The summed E-state index contributed by atoms with van der Waals surface area (Å²) in [6.45, 7) is 1.79. The van der Waals surface area contributed by atoms with E-state index in [4.69, 9.17) is 0 Å². The summed E-state index contributed by atoms with van der Waals surface area (Å²) in [5, 5.41) is 20.0. The molecular formula is C19H24N4O3.